The number of hydrogen-bond donors (Lipinski definition) is 0. The second-order valence-electron chi connectivity index (χ2n) is 12.6. The van der Waals surface area contributed by atoms with Crippen LogP contribution in [0.2, 0.25) is 0 Å². The molecule has 3 aromatic rings. The molecule has 0 aliphatic heterocycles. The van der Waals surface area contributed by atoms with E-state index in [0.717, 1.165) is 56.3 Å². The minimum Gasteiger partial charge on any atom is -0.494 e. The Kier molecular flexibility index (Phi) is 20.2. The maximum Gasteiger partial charge on any atom is 0.166 e. The van der Waals surface area contributed by atoms with Crippen LogP contribution >= 0.6 is 0 Å². The molecule has 0 heterocycles. The van der Waals surface area contributed by atoms with Gasteiger partial charge in [0.15, 0.2) is 14.7 Å². The second-order valence-corrected chi connectivity index (χ2v) is 14.6. The molecule has 3 rings (SSSR count). The summed E-state index contributed by atoms with van der Waals surface area (Å²) in [5.74, 6) is 2.87. The third kappa shape index (κ3) is 15.3. The Hall–Kier alpha value is -2.59. The van der Waals surface area contributed by atoms with Crippen molar-refractivity contribution in [2.45, 2.75) is 151 Å². The molecule has 0 bridgehead atoms. The van der Waals surface area contributed by atoms with Crippen molar-refractivity contribution in [1.29, 1.82) is 0 Å². The fourth-order valence-electron chi connectivity index (χ4n) is 5.64. The van der Waals surface area contributed by atoms with E-state index >= 15 is 0 Å². The Morgan fingerprint density at radius 3 is 0.826 bits per heavy atom. The van der Waals surface area contributed by atoms with Gasteiger partial charge in [-0.05, 0) is 92.1 Å². The van der Waals surface area contributed by atoms with E-state index in [-0.39, 0.29) is 10.9 Å². The maximum absolute atomic E-state index is 6.11. The van der Waals surface area contributed by atoms with Crippen molar-refractivity contribution in [3.63, 3.8) is 0 Å². The molecule has 0 saturated carbocycles. The van der Waals surface area contributed by atoms with Gasteiger partial charge < -0.3 is 14.2 Å². The van der Waals surface area contributed by atoms with Crippen LogP contribution in [-0.4, -0.2) is 19.8 Å². The van der Waals surface area contributed by atoms with Crippen LogP contribution in [-0.2, 0) is 10.9 Å². The number of benzene rings is 3. The molecule has 0 atom stereocenters. The third-order valence-electron chi connectivity index (χ3n) is 8.48. The van der Waals surface area contributed by atoms with Crippen LogP contribution in [0.5, 0.6) is 17.2 Å². The molecule has 46 heavy (non-hydrogen) atoms. The van der Waals surface area contributed by atoms with Crippen LogP contribution in [0.1, 0.15) is 136 Å². The second kappa shape index (κ2) is 24.6. The summed E-state index contributed by atoms with van der Waals surface area (Å²) < 4.78 is 18.3. The van der Waals surface area contributed by atoms with Crippen molar-refractivity contribution < 1.29 is 14.2 Å². The lowest BCUT2D eigenvalue weighted by Gasteiger charge is -2.12. The van der Waals surface area contributed by atoms with Gasteiger partial charge in [0.2, 0.25) is 0 Å². The van der Waals surface area contributed by atoms with Crippen molar-refractivity contribution in [1.82, 2.24) is 0 Å². The third-order valence-corrected chi connectivity index (χ3v) is 10.7. The zero-order chi connectivity index (χ0) is 32.5. The highest BCUT2D eigenvalue weighted by Crippen LogP contribution is 2.34. The highest BCUT2D eigenvalue weighted by molar-refractivity contribution is 7.97. The largest absolute Gasteiger partial charge is 0.494 e. The van der Waals surface area contributed by atoms with Gasteiger partial charge in [0.05, 0.1) is 30.7 Å². The summed E-state index contributed by atoms with van der Waals surface area (Å²) in [6.07, 6.45) is 23.0. The lowest BCUT2D eigenvalue weighted by Crippen LogP contribution is -2.06. The van der Waals surface area contributed by atoms with Crippen LogP contribution in [0.3, 0.4) is 0 Å². The smallest absolute Gasteiger partial charge is 0.166 e. The van der Waals surface area contributed by atoms with Crippen LogP contribution in [0.15, 0.2) is 87.5 Å². The van der Waals surface area contributed by atoms with E-state index in [2.05, 4.69) is 93.6 Å². The number of rotatable bonds is 27. The first kappa shape index (κ1) is 37.9. The van der Waals surface area contributed by atoms with Gasteiger partial charge >= 0.3 is 0 Å². The van der Waals surface area contributed by atoms with Crippen molar-refractivity contribution >= 4 is 10.9 Å². The molecule has 3 nitrogen and oxygen atoms in total. The first-order valence-corrected chi connectivity index (χ1v) is 19.9. The molecule has 0 spiro atoms. The molecule has 0 saturated heterocycles. The molecule has 0 fully saturated rings. The zero-order valence-electron chi connectivity index (χ0n) is 29.4. The molecule has 0 unspecified atom stereocenters. The minimum absolute atomic E-state index is 0.243. The number of unbranched alkanes of at least 4 members (excludes halogenated alkanes) is 15. The predicted octanol–water partition coefficient (Wildman–Crippen LogP) is 13.0. The highest BCUT2D eigenvalue weighted by Gasteiger charge is 2.29. The normalized spacial score (nSPS) is 11.2. The zero-order valence-corrected chi connectivity index (χ0v) is 30.2. The summed E-state index contributed by atoms with van der Waals surface area (Å²) in [5, 5.41) is 0. The Labute approximate surface area is 285 Å². The Balaban J connectivity index is 1.62. The molecular weight excluding hydrogens is 585 g/mol. The van der Waals surface area contributed by atoms with Gasteiger partial charge in [-0.3, -0.25) is 0 Å². The van der Waals surface area contributed by atoms with E-state index in [1.165, 1.54) is 111 Å². The Morgan fingerprint density at radius 2 is 0.565 bits per heavy atom. The predicted molar refractivity (Wildman–Crippen MR) is 198 cm³/mol. The van der Waals surface area contributed by atoms with Crippen LogP contribution in [0.25, 0.3) is 0 Å². The van der Waals surface area contributed by atoms with Crippen molar-refractivity contribution in [2.75, 3.05) is 19.8 Å². The average molecular weight is 648 g/mol. The standard InChI is InChI=1S/C42H63O3S/c1-4-7-10-13-16-19-34-43-37-22-28-40(29-23-37)46(41-30-24-38(25-31-41)44-35-20-17-14-11-8-5-2)42-32-26-39(27-33-42)45-36-21-18-15-12-9-6-3/h22-33H,4-21,34-36H2,1-3H3/q+1. The maximum atomic E-state index is 6.11. The van der Waals surface area contributed by atoms with E-state index in [1.807, 2.05) is 0 Å². The van der Waals surface area contributed by atoms with Gasteiger partial charge in [-0.1, -0.05) is 117 Å². The number of ether oxygens (including phenoxy) is 3. The molecule has 0 amide bonds. The lowest BCUT2D eigenvalue weighted by atomic mass is 10.1. The number of hydrogen-bond acceptors (Lipinski definition) is 3. The van der Waals surface area contributed by atoms with Gasteiger partial charge in [-0.2, -0.15) is 0 Å². The van der Waals surface area contributed by atoms with E-state index in [4.69, 9.17) is 14.2 Å². The minimum atomic E-state index is -0.243. The van der Waals surface area contributed by atoms with Crippen molar-refractivity contribution in [3.8, 4) is 17.2 Å². The molecule has 3 aromatic carbocycles. The molecule has 0 aliphatic carbocycles. The van der Waals surface area contributed by atoms with Gasteiger partial charge in [-0.25, -0.2) is 0 Å². The average Bonchev–Trinajstić information content (AvgIpc) is 3.09. The molecule has 0 radical (unpaired) electrons. The summed E-state index contributed by atoms with van der Waals surface area (Å²) in [6, 6.07) is 26.3. The fourth-order valence-corrected chi connectivity index (χ4v) is 7.68. The van der Waals surface area contributed by atoms with Gasteiger partial charge in [0.25, 0.3) is 0 Å². The summed E-state index contributed by atoms with van der Waals surface area (Å²) in [5.41, 5.74) is 0. The van der Waals surface area contributed by atoms with Gasteiger partial charge in [0, 0.05) is 0 Å². The van der Waals surface area contributed by atoms with Crippen LogP contribution in [0, 0.1) is 0 Å². The molecule has 254 valence electrons. The Bertz CT molecular complexity index is 981. The molecular formula is C42H63O3S+. The van der Waals surface area contributed by atoms with Crippen LogP contribution < -0.4 is 14.2 Å². The first-order valence-electron chi connectivity index (χ1n) is 18.7. The fraction of sp³-hybridized carbons (Fsp3) is 0.571. The highest BCUT2D eigenvalue weighted by atomic mass is 32.2. The first-order chi connectivity index (χ1) is 22.7. The topological polar surface area (TPSA) is 27.7 Å². The Morgan fingerprint density at radius 1 is 0.326 bits per heavy atom. The monoisotopic (exact) mass is 647 g/mol. The molecule has 4 heteroatoms. The van der Waals surface area contributed by atoms with E-state index < -0.39 is 0 Å². The summed E-state index contributed by atoms with van der Waals surface area (Å²) >= 11 is 0. The quantitative estimate of drug-likeness (QED) is 0.0609. The van der Waals surface area contributed by atoms with Crippen molar-refractivity contribution in [2.24, 2.45) is 0 Å². The lowest BCUT2D eigenvalue weighted by molar-refractivity contribution is 0.304. The molecule has 0 aliphatic rings. The van der Waals surface area contributed by atoms with Gasteiger partial charge in [-0.15, -0.1) is 0 Å². The van der Waals surface area contributed by atoms with Crippen molar-refractivity contribution in [3.05, 3.63) is 72.8 Å². The SMILES string of the molecule is CCCCCCCCOc1ccc([S+](c2ccc(OCCCCCCCC)cc2)c2ccc(OCCCCCCCC)cc2)cc1. The summed E-state index contributed by atoms with van der Waals surface area (Å²) in [7, 11) is -0.243. The molecule has 0 aromatic heterocycles. The van der Waals surface area contributed by atoms with E-state index in [1.54, 1.807) is 0 Å². The molecule has 0 N–H and O–H groups in total. The van der Waals surface area contributed by atoms with E-state index in [0.29, 0.717) is 0 Å². The van der Waals surface area contributed by atoms with Crippen LogP contribution in [0.4, 0.5) is 0 Å². The van der Waals surface area contributed by atoms with E-state index in [9.17, 15) is 0 Å². The van der Waals surface area contributed by atoms with Gasteiger partial charge in [0.1, 0.15) is 17.2 Å². The summed E-state index contributed by atoms with van der Waals surface area (Å²) in [6.45, 7) is 9.16. The summed E-state index contributed by atoms with van der Waals surface area (Å²) in [4.78, 5) is 3.86.